The van der Waals surface area contributed by atoms with Crippen molar-refractivity contribution in [2.45, 2.75) is 98.1 Å². The van der Waals surface area contributed by atoms with Crippen LogP contribution in [0.15, 0.2) is 48.5 Å². The smallest absolute Gasteiger partial charge is 0.349 e. The molecule has 1 fully saturated rings. The third kappa shape index (κ3) is 8.74. The van der Waals surface area contributed by atoms with Crippen LogP contribution in [0.4, 0.5) is 5.69 Å². The Kier molecular flexibility index (Phi) is 11.9. The van der Waals surface area contributed by atoms with Gasteiger partial charge in [0.05, 0.1) is 19.1 Å². The lowest BCUT2D eigenvalue weighted by molar-refractivity contribution is -0.158. The second-order valence-corrected chi connectivity index (χ2v) is 11.9. The summed E-state index contributed by atoms with van der Waals surface area (Å²) in [7, 11) is 0. The maximum Gasteiger partial charge on any atom is 0.349 e. The quantitative estimate of drug-likeness (QED) is 0.230. The van der Waals surface area contributed by atoms with Gasteiger partial charge in [0.2, 0.25) is 5.91 Å². The Bertz CT molecular complexity index is 1070. The van der Waals surface area contributed by atoms with E-state index in [-0.39, 0.29) is 11.9 Å². The van der Waals surface area contributed by atoms with E-state index in [1.807, 2.05) is 24.3 Å². The number of hydrogen-bond acceptors (Lipinski definition) is 5. The average molecular weight is 551 g/mol. The zero-order valence-corrected chi connectivity index (χ0v) is 25.6. The summed E-state index contributed by atoms with van der Waals surface area (Å²) in [5.41, 5.74) is 2.40. The second-order valence-electron chi connectivity index (χ2n) is 11.9. The summed E-state index contributed by atoms with van der Waals surface area (Å²) in [5.74, 6) is 0.672. The van der Waals surface area contributed by atoms with E-state index in [0.29, 0.717) is 24.7 Å². The highest BCUT2D eigenvalue weighted by molar-refractivity contribution is 5.80. The minimum Gasteiger partial charge on any atom is -0.476 e. The van der Waals surface area contributed by atoms with Gasteiger partial charge in [0.25, 0.3) is 0 Å². The fourth-order valence-electron chi connectivity index (χ4n) is 5.46. The maximum atomic E-state index is 14.0. The van der Waals surface area contributed by atoms with Gasteiger partial charge in [-0.3, -0.25) is 4.79 Å². The predicted molar refractivity (Wildman–Crippen MR) is 163 cm³/mol. The van der Waals surface area contributed by atoms with E-state index >= 15 is 0 Å². The monoisotopic (exact) mass is 550 g/mol. The Labute approximate surface area is 242 Å². The van der Waals surface area contributed by atoms with Crippen LogP contribution in [0.5, 0.6) is 5.75 Å². The molecule has 0 spiro atoms. The van der Waals surface area contributed by atoms with Crippen molar-refractivity contribution in [2.75, 3.05) is 31.1 Å². The van der Waals surface area contributed by atoms with Crippen LogP contribution < -0.4 is 9.64 Å². The SMILES string of the molecule is CCCCC(c1ccccc1N1CCCCC1)N(CC(C)C)C(=O)Cc1ccc(OC(C)(C)C(=O)OCC)cc1. The van der Waals surface area contributed by atoms with Crippen molar-refractivity contribution in [3.05, 3.63) is 59.7 Å². The molecule has 1 heterocycles. The molecule has 1 atom stereocenters. The first-order chi connectivity index (χ1) is 19.2. The number of carbonyl (C=O) groups excluding carboxylic acids is 2. The number of amides is 1. The Balaban J connectivity index is 1.84. The number of unbranched alkanes of at least 4 members (excludes halogenated alkanes) is 1. The lowest BCUT2D eigenvalue weighted by Crippen LogP contribution is -2.40. The van der Waals surface area contributed by atoms with Gasteiger partial charge in [-0.15, -0.1) is 0 Å². The van der Waals surface area contributed by atoms with E-state index in [1.54, 1.807) is 20.8 Å². The summed E-state index contributed by atoms with van der Waals surface area (Å²) in [6.45, 7) is 15.0. The van der Waals surface area contributed by atoms with Crippen LogP contribution in [0.1, 0.15) is 97.2 Å². The Hall–Kier alpha value is -3.02. The molecular formula is C34H50N2O4. The van der Waals surface area contributed by atoms with Gasteiger partial charge in [-0.25, -0.2) is 4.79 Å². The fraction of sp³-hybridized carbons (Fsp3) is 0.588. The molecule has 2 aromatic rings. The van der Waals surface area contributed by atoms with Gasteiger partial charge in [-0.05, 0) is 81.7 Å². The largest absolute Gasteiger partial charge is 0.476 e. The van der Waals surface area contributed by atoms with Crippen molar-refractivity contribution in [3.63, 3.8) is 0 Å². The van der Waals surface area contributed by atoms with Gasteiger partial charge in [-0.2, -0.15) is 0 Å². The number of nitrogens with zero attached hydrogens (tertiary/aromatic N) is 2. The summed E-state index contributed by atoms with van der Waals surface area (Å²) in [6.07, 6.45) is 7.18. The first-order valence-corrected chi connectivity index (χ1v) is 15.2. The Morgan fingerprint density at radius 2 is 1.65 bits per heavy atom. The minimum absolute atomic E-state index is 0.0426. The molecule has 6 nitrogen and oxygen atoms in total. The lowest BCUT2D eigenvalue weighted by Gasteiger charge is -2.38. The first kappa shape index (κ1) is 31.5. The molecule has 0 aliphatic carbocycles. The number of para-hydroxylation sites is 1. The third-order valence-corrected chi connectivity index (χ3v) is 7.50. The van der Waals surface area contributed by atoms with Gasteiger partial charge >= 0.3 is 5.97 Å². The normalized spacial score (nSPS) is 14.6. The number of piperidine rings is 1. The molecule has 1 amide bonds. The van der Waals surface area contributed by atoms with Crippen LogP contribution in [0.25, 0.3) is 0 Å². The van der Waals surface area contributed by atoms with E-state index in [0.717, 1.165) is 44.5 Å². The van der Waals surface area contributed by atoms with Crippen molar-refractivity contribution in [2.24, 2.45) is 5.92 Å². The van der Waals surface area contributed by atoms with E-state index < -0.39 is 11.6 Å². The number of hydrogen-bond donors (Lipinski definition) is 0. The van der Waals surface area contributed by atoms with Gasteiger partial charge in [-0.1, -0.05) is 63.9 Å². The number of carbonyl (C=O) groups is 2. The number of anilines is 1. The van der Waals surface area contributed by atoms with Crippen molar-refractivity contribution in [1.29, 1.82) is 0 Å². The fourth-order valence-corrected chi connectivity index (χ4v) is 5.46. The molecule has 1 aliphatic rings. The predicted octanol–water partition coefficient (Wildman–Crippen LogP) is 7.36. The third-order valence-electron chi connectivity index (χ3n) is 7.50. The Morgan fingerprint density at radius 3 is 2.27 bits per heavy atom. The molecule has 220 valence electrons. The molecule has 0 aromatic heterocycles. The van der Waals surface area contributed by atoms with Crippen LogP contribution >= 0.6 is 0 Å². The summed E-state index contributed by atoms with van der Waals surface area (Å²) in [4.78, 5) is 30.9. The van der Waals surface area contributed by atoms with Gasteiger partial charge in [0, 0.05) is 25.3 Å². The molecule has 40 heavy (non-hydrogen) atoms. The van der Waals surface area contributed by atoms with E-state index in [4.69, 9.17) is 9.47 Å². The molecule has 0 radical (unpaired) electrons. The summed E-state index contributed by atoms with van der Waals surface area (Å²) in [5, 5.41) is 0. The highest BCUT2D eigenvalue weighted by atomic mass is 16.6. The standard InChI is InChI=1S/C34H50N2O4/c1-7-9-16-31(29-15-11-12-17-30(29)35-22-13-10-14-23-35)36(25-26(3)4)32(37)24-27-18-20-28(21-19-27)40-34(5,6)33(38)39-8-2/h11-12,15,17-21,26,31H,7-10,13-14,16,22-25H2,1-6H3. The van der Waals surface area contributed by atoms with E-state index in [1.165, 1.54) is 30.5 Å². The number of esters is 1. The summed E-state index contributed by atoms with van der Waals surface area (Å²) >= 11 is 0. The van der Waals surface area contributed by atoms with Crippen molar-refractivity contribution in [3.8, 4) is 5.75 Å². The maximum absolute atomic E-state index is 14.0. The zero-order chi connectivity index (χ0) is 29.1. The van der Waals surface area contributed by atoms with Gasteiger partial charge in [0.1, 0.15) is 5.75 Å². The Morgan fingerprint density at radius 1 is 0.975 bits per heavy atom. The van der Waals surface area contributed by atoms with Crippen LogP contribution in [0.3, 0.4) is 0 Å². The average Bonchev–Trinajstić information content (AvgIpc) is 2.94. The van der Waals surface area contributed by atoms with E-state index in [2.05, 4.69) is 54.8 Å². The molecule has 0 N–H and O–H groups in total. The highest BCUT2D eigenvalue weighted by Crippen LogP contribution is 2.36. The molecule has 0 bridgehead atoms. The molecule has 3 rings (SSSR count). The summed E-state index contributed by atoms with van der Waals surface area (Å²) < 4.78 is 11.0. The molecule has 1 aliphatic heterocycles. The molecule has 0 saturated carbocycles. The van der Waals surface area contributed by atoms with Gasteiger partial charge in [0.15, 0.2) is 5.60 Å². The lowest BCUT2D eigenvalue weighted by atomic mass is 9.94. The van der Waals surface area contributed by atoms with Crippen molar-refractivity contribution in [1.82, 2.24) is 4.90 Å². The van der Waals surface area contributed by atoms with Gasteiger partial charge < -0.3 is 19.3 Å². The topological polar surface area (TPSA) is 59.1 Å². The molecular weight excluding hydrogens is 500 g/mol. The minimum atomic E-state index is -1.09. The number of ether oxygens (including phenoxy) is 2. The van der Waals surface area contributed by atoms with Crippen LogP contribution in [-0.2, 0) is 20.7 Å². The highest BCUT2D eigenvalue weighted by Gasteiger charge is 2.32. The van der Waals surface area contributed by atoms with Crippen LogP contribution in [0.2, 0.25) is 0 Å². The zero-order valence-electron chi connectivity index (χ0n) is 25.6. The first-order valence-electron chi connectivity index (χ1n) is 15.2. The number of rotatable bonds is 14. The van der Waals surface area contributed by atoms with Crippen LogP contribution in [-0.4, -0.2) is 48.6 Å². The molecule has 2 aromatic carbocycles. The van der Waals surface area contributed by atoms with Crippen molar-refractivity contribution >= 4 is 17.6 Å². The summed E-state index contributed by atoms with van der Waals surface area (Å²) in [6, 6.07) is 16.3. The molecule has 6 heteroatoms. The van der Waals surface area contributed by atoms with E-state index in [9.17, 15) is 9.59 Å². The second kappa shape index (κ2) is 15.1. The molecule has 1 saturated heterocycles. The van der Waals surface area contributed by atoms with Crippen molar-refractivity contribution < 1.29 is 19.1 Å². The number of benzene rings is 2. The molecule has 1 unspecified atom stereocenters. The van der Waals surface area contributed by atoms with Crippen LogP contribution in [0, 0.1) is 5.92 Å².